The van der Waals surface area contributed by atoms with E-state index in [4.69, 9.17) is 17.3 Å². The summed E-state index contributed by atoms with van der Waals surface area (Å²) in [7, 11) is 0. The highest BCUT2D eigenvalue weighted by Gasteiger charge is 2.15. The standard InChI is InChI=1S/C10H14ClNOS/c1-6(2)7(12)5-8(13)9-3-4-10(11)14-9/h3-4,6-7H,5,12H2,1-2H3. The first-order valence-electron chi connectivity index (χ1n) is 4.55. The maximum Gasteiger partial charge on any atom is 0.174 e. The highest BCUT2D eigenvalue weighted by atomic mass is 35.5. The molecule has 1 atom stereocenters. The number of carbonyl (C=O) groups excluding carboxylic acids is 1. The number of carbonyl (C=O) groups is 1. The second-order valence-electron chi connectivity index (χ2n) is 3.64. The van der Waals surface area contributed by atoms with Crippen molar-refractivity contribution >= 4 is 28.7 Å². The SMILES string of the molecule is CC(C)C(N)CC(=O)c1ccc(Cl)s1. The van der Waals surface area contributed by atoms with Crippen molar-refractivity contribution in [2.24, 2.45) is 11.7 Å². The molecule has 0 spiro atoms. The highest BCUT2D eigenvalue weighted by Crippen LogP contribution is 2.23. The van der Waals surface area contributed by atoms with Crippen LogP contribution in [0.3, 0.4) is 0 Å². The molecule has 1 rings (SSSR count). The molecular weight excluding hydrogens is 218 g/mol. The molecule has 0 aromatic carbocycles. The van der Waals surface area contributed by atoms with Crippen LogP contribution < -0.4 is 5.73 Å². The molecule has 1 heterocycles. The Morgan fingerprint density at radius 2 is 2.21 bits per heavy atom. The van der Waals surface area contributed by atoms with Crippen molar-refractivity contribution in [2.45, 2.75) is 26.3 Å². The normalized spacial score (nSPS) is 13.2. The van der Waals surface area contributed by atoms with Gasteiger partial charge in [0, 0.05) is 12.5 Å². The van der Waals surface area contributed by atoms with E-state index in [0.29, 0.717) is 21.6 Å². The summed E-state index contributed by atoms with van der Waals surface area (Å²) in [6.07, 6.45) is 0.397. The average molecular weight is 232 g/mol. The van der Waals surface area contributed by atoms with Gasteiger partial charge >= 0.3 is 0 Å². The summed E-state index contributed by atoms with van der Waals surface area (Å²) in [4.78, 5) is 12.3. The van der Waals surface area contributed by atoms with E-state index in [1.54, 1.807) is 12.1 Å². The van der Waals surface area contributed by atoms with Crippen molar-refractivity contribution < 1.29 is 4.79 Å². The molecule has 0 aliphatic rings. The Morgan fingerprint density at radius 3 is 2.64 bits per heavy atom. The zero-order valence-electron chi connectivity index (χ0n) is 8.29. The second-order valence-corrected chi connectivity index (χ2v) is 5.35. The lowest BCUT2D eigenvalue weighted by Gasteiger charge is -2.13. The highest BCUT2D eigenvalue weighted by molar-refractivity contribution is 7.18. The van der Waals surface area contributed by atoms with Gasteiger partial charge in [-0.3, -0.25) is 4.79 Å². The molecular formula is C10H14ClNOS. The van der Waals surface area contributed by atoms with Crippen molar-refractivity contribution in [2.75, 3.05) is 0 Å². The number of rotatable bonds is 4. The maximum atomic E-state index is 11.6. The van der Waals surface area contributed by atoms with Crippen LogP contribution >= 0.6 is 22.9 Å². The van der Waals surface area contributed by atoms with E-state index in [0.717, 1.165) is 0 Å². The third-order valence-corrected chi connectivity index (χ3v) is 3.40. The summed E-state index contributed by atoms with van der Waals surface area (Å²) >= 11 is 7.05. The fraction of sp³-hybridized carbons (Fsp3) is 0.500. The van der Waals surface area contributed by atoms with Crippen LogP contribution in [0.2, 0.25) is 4.34 Å². The minimum Gasteiger partial charge on any atom is -0.327 e. The fourth-order valence-corrected chi connectivity index (χ4v) is 2.01. The minimum atomic E-state index is -0.0663. The number of hydrogen-bond acceptors (Lipinski definition) is 3. The molecule has 0 saturated carbocycles. The van der Waals surface area contributed by atoms with E-state index < -0.39 is 0 Å². The van der Waals surface area contributed by atoms with E-state index >= 15 is 0 Å². The van der Waals surface area contributed by atoms with Gasteiger partial charge < -0.3 is 5.73 Å². The smallest absolute Gasteiger partial charge is 0.174 e. The quantitative estimate of drug-likeness (QED) is 0.810. The van der Waals surface area contributed by atoms with Crippen LogP contribution in [0.5, 0.6) is 0 Å². The lowest BCUT2D eigenvalue weighted by Crippen LogP contribution is -2.29. The summed E-state index contributed by atoms with van der Waals surface area (Å²) in [6.45, 7) is 4.03. The molecule has 4 heteroatoms. The van der Waals surface area contributed by atoms with Crippen molar-refractivity contribution in [1.82, 2.24) is 0 Å². The van der Waals surface area contributed by atoms with Crippen molar-refractivity contribution in [3.63, 3.8) is 0 Å². The summed E-state index contributed by atoms with van der Waals surface area (Å²) < 4.78 is 0.645. The fourth-order valence-electron chi connectivity index (χ4n) is 1.01. The van der Waals surface area contributed by atoms with Crippen LogP contribution in [0.1, 0.15) is 29.9 Å². The molecule has 1 unspecified atom stereocenters. The molecule has 1 aromatic heterocycles. The van der Waals surface area contributed by atoms with Gasteiger partial charge in [-0.05, 0) is 18.1 Å². The van der Waals surface area contributed by atoms with Crippen molar-refractivity contribution in [1.29, 1.82) is 0 Å². The van der Waals surface area contributed by atoms with Gasteiger partial charge in [0.25, 0.3) is 0 Å². The number of halogens is 1. The minimum absolute atomic E-state index is 0.0663. The number of Topliss-reactive ketones (excluding diaryl/α,β-unsaturated/α-hetero) is 1. The molecule has 0 aliphatic heterocycles. The molecule has 1 aromatic rings. The van der Waals surface area contributed by atoms with Crippen LogP contribution in [-0.2, 0) is 0 Å². The third kappa shape index (κ3) is 3.08. The first-order valence-corrected chi connectivity index (χ1v) is 5.74. The average Bonchev–Trinajstić information content (AvgIpc) is 2.51. The Labute approximate surface area is 93.1 Å². The van der Waals surface area contributed by atoms with Gasteiger partial charge in [-0.2, -0.15) is 0 Å². The summed E-state index contributed by atoms with van der Waals surface area (Å²) in [5.41, 5.74) is 5.81. The molecule has 0 radical (unpaired) electrons. The predicted molar refractivity (Wildman–Crippen MR) is 61.1 cm³/mol. The molecule has 0 bridgehead atoms. The monoisotopic (exact) mass is 231 g/mol. The van der Waals surface area contributed by atoms with Crippen LogP contribution in [0, 0.1) is 5.92 Å². The molecule has 0 amide bonds. The van der Waals surface area contributed by atoms with Gasteiger partial charge in [0.2, 0.25) is 0 Å². The maximum absolute atomic E-state index is 11.6. The Kier molecular flexibility index (Phi) is 4.11. The van der Waals surface area contributed by atoms with Gasteiger partial charge in [-0.25, -0.2) is 0 Å². The lowest BCUT2D eigenvalue weighted by molar-refractivity contribution is 0.0971. The first-order chi connectivity index (χ1) is 6.50. The molecule has 2 nitrogen and oxygen atoms in total. The van der Waals surface area contributed by atoms with Gasteiger partial charge in [0.1, 0.15) is 0 Å². The van der Waals surface area contributed by atoms with Gasteiger partial charge in [0.15, 0.2) is 5.78 Å². The predicted octanol–water partition coefficient (Wildman–Crippen LogP) is 2.96. The molecule has 2 N–H and O–H groups in total. The number of nitrogens with two attached hydrogens (primary N) is 1. The van der Waals surface area contributed by atoms with Crippen LogP contribution in [0.15, 0.2) is 12.1 Å². The Morgan fingerprint density at radius 1 is 1.57 bits per heavy atom. The molecule has 78 valence electrons. The Balaban J connectivity index is 2.59. The summed E-state index contributed by atoms with van der Waals surface area (Å²) in [6, 6.07) is 3.42. The zero-order valence-corrected chi connectivity index (χ0v) is 9.86. The number of ketones is 1. The number of thiophene rings is 1. The van der Waals surface area contributed by atoms with Gasteiger partial charge in [-0.1, -0.05) is 25.4 Å². The van der Waals surface area contributed by atoms with Crippen LogP contribution in [0.4, 0.5) is 0 Å². The van der Waals surface area contributed by atoms with Gasteiger partial charge in [-0.15, -0.1) is 11.3 Å². The van der Waals surface area contributed by atoms with E-state index in [2.05, 4.69) is 0 Å². The molecule has 14 heavy (non-hydrogen) atoms. The second kappa shape index (κ2) is 4.91. The van der Waals surface area contributed by atoms with E-state index in [1.807, 2.05) is 13.8 Å². The summed E-state index contributed by atoms with van der Waals surface area (Å²) in [5, 5.41) is 0. The molecule has 0 saturated heterocycles. The van der Waals surface area contributed by atoms with E-state index in [-0.39, 0.29) is 11.8 Å². The number of hydrogen-bond donors (Lipinski definition) is 1. The van der Waals surface area contributed by atoms with E-state index in [1.165, 1.54) is 11.3 Å². The van der Waals surface area contributed by atoms with Crippen LogP contribution in [0.25, 0.3) is 0 Å². The van der Waals surface area contributed by atoms with Gasteiger partial charge in [0.05, 0.1) is 9.21 Å². The van der Waals surface area contributed by atoms with Crippen molar-refractivity contribution in [3.8, 4) is 0 Å². The largest absolute Gasteiger partial charge is 0.327 e. The Bertz CT molecular complexity index is 322. The van der Waals surface area contributed by atoms with E-state index in [9.17, 15) is 4.79 Å². The lowest BCUT2D eigenvalue weighted by atomic mass is 9.99. The third-order valence-electron chi connectivity index (χ3n) is 2.13. The zero-order chi connectivity index (χ0) is 10.7. The van der Waals surface area contributed by atoms with Crippen molar-refractivity contribution in [3.05, 3.63) is 21.3 Å². The molecule has 0 fully saturated rings. The van der Waals surface area contributed by atoms with Crippen LogP contribution in [-0.4, -0.2) is 11.8 Å². The first kappa shape index (κ1) is 11.7. The topological polar surface area (TPSA) is 43.1 Å². The molecule has 0 aliphatic carbocycles. The summed E-state index contributed by atoms with van der Waals surface area (Å²) in [5.74, 6) is 0.414. The Hall–Kier alpha value is -0.380.